The molecule has 18 heavy (non-hydrogen) atoms. The Morgan fingerprint density at radius 3 is 2.50 bits per heavy atom. The van der Waals surface area contributed by atoms with Gasteiger partial charge in [0.2, 0.25) is 5.91 Å². The number of hydrogen-bond donors (Lipinski definition) is 1. The van der Waals surface area contributed by atoms with Crippen LogP contribution in [0, 0.1) is 5.92 Å². The molecule has 0 unspecified atom stereocenters. The largest absolute Gasteiger partial charge is 0.493 e. The maximum absolute atomic E-state index is 10.8. The van der Waals surface area contributed by atoms with Gasteiger partial charge in [-0.2, -0.15) is 0 Å². The normalized spacial score (nSPS) is 11.8. The molecule has 1 atom stereocenters. The maximum atomic E-state index is 10.8. The molecule has 100 valence electrons. The third kappa shape index (κ3) is 4.28. The van der Waals surface area contributed by atoms with E-state index in [9.17, 15) is 4.79 Å². The van der Waals surface area contributed by atoms with Crippen LogP contribution < -0.4 is 14.8 Å². The quantitative estimate of drug-likeness (QED) is 0.841. The number of nitrogens with one attached hydrogen (secondary N) is 1. The number of amides is 1. The van der Waals surface area contributed by atoms with Crippen LogP contribution in [0.5, 0.6) is 11.5 Å². The van der Waals surface area contributed by atoms with Crippen molar-refractivity contribution >= 4 is 5.91 Å². The minimum atomic E-state index is 0.00848. The molecule has 0 radical (unpaired) electrons. The molecule has 0 aliphatic rings. The molecule has 1 aromatic carbocycles. The van der Waals surface area contributed by atoms with Crippen LogP contribution in [-0.4, -0.2) is 26.7 Å². The fourth-order valence-electron chi connectivity index (χ4n) is 1.80. The first kappa shape index (κ1) is 14.4. The molecule has 4 nitrogen and oxygen atoms in total. The first-order valence-electron chi connectivity index (χ1n) is 6.02. The Bertz CT molecular complexity index is 404. The molecule has 0 aromatic heterocycles. The SMILES string of the molecule is COc1ccc(C[C@@H](C)CNC(C)=O)cc1OC. The van der Waals surface area contributed by atoms with Gasteiger partial charge in [-0.1, -0.05) is 13.0 Å². The first-order valence-corrected chi connectivity index (χ1v) is 6.02. The number of carbonyl (C=O) groups excluding carboxylic acids is 1. The molecule has 4 heteroatoms. The van der Waals surface area contributed by atoms with Crippen LogP contribution in [0.1, 0.15) is 19.4 Å². The molecule has 1 rings (SSSR count). The lowest BCUT2D eigenvalue weighted by molar-refractivity contribution is -0.119. The van der Waals surface area contributed by atoms with Crippen molar-refractivity contribution in [2.75, 3.05) is 20.8 Å². The van der Waals surface area contributed by atoms with Crippen LogP contribution in [0.4, 0.5) is 0 Å². The van der Waals surface area contributed by atoms with Crippen molar-refractivity contribution in [1.29, 1.82) is 0 Å². The van der Waals surface area contributed by atoms with Crippen molar-refractivity contribution in [3.8, 4) is 11.5 Å². The van der Waals surface area contributed by atoms with Crippen LogP contribution in [0.25, 0.3) is 0 Å². The van der Waals surface area contributed by atoms with E-state index < -0.39 is 0 Å². The molecule has 0 spiro atoms. The molecule has 0 bridgehead atoms. The van der Waals surface area contributed by atoms with Crippen molar-refractivity contribution in [2.24, 2.45) is 5.92 Å². The van der Waals surface area contributed by atoms with E-state index >= 15 is 0 Å². The summed E-state index contributed by atoms with van der Waals surface area (Å²) >= 11 is 0. The van der Waals surface area contributed by atoms with Gasteiger partial charge in [-0.3, -0.25) is 4.79 Å². The van der Waals surface area contributed by atoms with E-state index in [1.54, 1.807) is 14.2 Å². The summed E-state index contributed by atoms with van der Waals surface area (Å²) in [5, 5.41) is 2.82. The Morgan fingerprint density at radius 1 is 1.28 bits per heavy atom. The topological polar surface area (TPSA) is 47.6 Å². The van der Waals surface area contributed by atoms with Gasteiger partial charge in [0.25, 0.3) is 0 Å². The summed E-state index contributed by atoms with van der Waals surface area (Å²) in [5.41, 5.74) is 1.17. The van der Waals surface area contributed by atoms with Gasteiger partial charge >= 0.3 is 0 Å². The van der Waals surface area contributed by atoms with Crippen molar-refractivity contribution in [2.45, 2.75) is 20.3 Å². The number of ether oxygens (including phenoxy) is 2. The second-order valence-electron chi connectivity index (χ2n) is 4.44. The van der Waals surface area contributed by atoms with E-state index in [1.165, 1.54) is 12.5 Å². The number of hydrogen-bond acceptors (Lipinski definition) is 3. The molecule has 0 fully saturated rings. The predicted octanol–water partition coefficient (Wildman–Crippen LogP) is 2.02. The number of rotatable bonds is 6. The third-order valence-electron chi connectivity index (χ3n) is 2.73. The van der Waals surface area contributed by atoms with E-state index in [1.807, 2.05) is 18.2 Å². The molecule has 0 saturated heterocycles. The monoisotopic (exact) mass is 251 g/mol. The lowest BCUT2D eigenvalue weighted by Crippen LogP contribution is -2.26. The molecule has 1 N–H and O–H groups in total. The van der Waals surface area contributed by atoms with E-state index in [-0.39, 0.29) is 5.91 Å². The minimum Gasteiger partial charge on any atom is -0.493 e. The van der Waals surface area contributed by atoms with E-state index in [4.69, 9.17) is 9.47 Å². The van der Waals surface area contributed by atoms with Gasteiger partial charge < -0.3 is 14.8 Å². The lowest BCUT2D eigenvalue weighted by Gasteiger charge is -2.14. The Morgan fingerprint density at radius 2 is 1.94 bits per heavy atom. The summed E-state index contributed by atoms with van der Waals surface area (Å²) in [5.74, 6) is 1.86. The Balaban J connectivity index is 2.64. The molecule has 0 saturated carbocycles. The second-order valence-corrected chi connectivity index (χ2v) is 4.44. The Kier molecular flexibility index (Phi) is 5.49. The van der Waals surface area contributed by atoms with Crippen LogP contribution in [0.15, 0.2) is 18.2 Å². The van der Waals surface area contributed by atoms with Crippen LogP contribution in [0.2, 0.25) is 0 Å². The summed E-state index contributed by atoms with van der Waals surface area (Å²) < 4.78 is 10.5. The highest BCUT2D eigenvalue weighted by atomic mass is 16.5. The maximum Gasteiger partial charge on any atom is 0.216 e. The van der Waals surface area contributed by atoms with Crippen molar-refractivity contribution in [3.63, 3.8) is 0 Å². The third-order valence-corrected chi connectivity index (χ3v) is 2.73. The van der Waals surface area contributed by atoms with Gasteiger partial charge in [0.05, 0.1) is 14.2 Å². The first-order chi connectivity index (χ1) is 8.56. The van der Waals surface area contributed by atoms with E-state index in [0.29, 0.717) is 12.5 Å². The smallest absolute Gasteiger partial charge is 0.216 e. The average molecular weight is 251 g/mol. The summed E-state index contributed by atoms with van der Waals surface area (Å²) in [7, 11) is 3.25. The minimum absolute atomic E-state index is 0.00848. The zero-order valence-electron chi connectivity index (χ0n) is 11.4. The number of carbonyl (C=O) groups is 1. The zero-order valence-corrected chi connectivity index (χ0v) is 11.4. The van der Waals surface area contributed by atoms with Crippen molar-refractivity contribution < 1.29 is 14.3 Å². The highest BCUT2D eigenvalue weighted by Crippen LogP contribution is 2.28. The molecule has 1 aromatic rings. The summed E-state index contributed by atoms with van der Waals surface area (Å²) in [6, 6.07) is 5.90. The van der Waals surface area contributed by atoms with Crippen molar-refractivity contribution in [1.82, 2.24) is 5.32 Å². The van der Waals surface area contributed by atoms with Gasteiger partial charge in [-0.15, -0.1) is 0 Å². The number of benzene rings is 1. The molecule has 0 aliphatic heterocycles. The highest BCUT2D eigenvalue weighted by molar-refractivity contribution is 5.72. The molecular formula is C14H21NO3. The summed E-state index contributed by atoms with van der Waals surface area (Å²) in [6.07, 6.45) is 0.890. The number of methoxy groups -OCH3 is 2. The van der Waals surface area contributed by atoms with Gasteiger partial charge in [-0.25, -0.2) is 0 Å². The molecule has 0 aliphatic carbocycles. The fourth-order valence-corrected chi connectivity index (χ4v) is 1.80. The molecular weight excluding hydrogens is 230 g/mol. The summed E-state index contributed by atoms with van der Waals surface area (Å²) in [4.78, 5) is 10.8. The van der Waals surface area contributed by atoms with Crippen molar-refractivity contribution in [3.05, 3.63) is 23.8 Å². The zero-order chi connectivity index (χ0) is 13.5. The Hall–Kier alpha value is -1.71. The van der Waals surface area contributed by atoms with Crippen LogP contribution >= 0.6 is 0 Å². The molecule has 0 heterocycles. The standard InChI is InChI=1S/C14H21NO3/c1-10(9-15-11(2)16)7-12-5-6-13(17-3)14(8-12)18-4/h5-6,8,10H,7,9H2,1-4H3,(H,15,16)/t10-/m1/s1. The highest BCUT2D eigenvalue weighted by Gasteiger charge is 2.08. The van der Waals surface area contributed by atoms with Gasteiger partial charge in [0, 0.05) is 13.5 Å². The van der Waals surface area contributed by atoms with Gasteiger partial charge in [-0.05, 0) is 30.0 Å². The van der Waals surface area contributed by atoms with E-state index in [2.05, 4.69) is 12.2 Å². The summed E-state index contributed by atoms with van der Waals surface area (Å²) in [6.45, 7) is 4.32. The van der Waals surface area contributed by atoms with Crippen LogP contribution in [0.3, 0.4) is 0 Å². The average Bonchev–Trinajstić information content (AvgIpc) is 2.36. The second kappa shape index (κ2) is 6.89. The Labute approximate surface area is 108 Å². The lowest BCUT2D eigenvalue weighted by atomic mass is 10.0. The van der Waals surface area contributed by atoms with Crippen LogP contribution in [-0.2, 0) is 11.2 Å². The van der Waals surface area contributed by atoms with E-state index in [0.717, 1.165) is 17.9 Å². The fraction of sp³-hybridized carbons (Fsp3) is 0.500. The van der Waals surface area contributed by atoms with Gasteiger partial charge in [0.1, 0.15) is 0 Å². The predicted molar refractivity (Wildman–Crippen MR) is 71.1 cm³/mol. The molecule has 1 amide bonds. The van der Waals surface area contributed by atoms with Gasteiger partial charge in [0.15, 0.2) is 11.5 Å².